The highest BCUT2D eigenvalue weighted by atomic mass is 79.9. The van der Waals surface area contributed by atoms with Crippen LogP contribution in [-0.4, -0.2) is 29.8 Å². The zero-order valence-corrected chi connectivity index (χ0v) is 23.8. The monoisotopic (exact) mass is 623 g/mol. The molecule has 0 saturated heterocycles. The van der Waals surface area contributed by atoms with Gasteiger partial charge in [0.1, 0.15) is 12.2 Å². The van der Waals surface area contributed by atoms with Crippen LogP contribution in [0.25, 0.3) is 33.5 Å². The van der Waals surface area contributed by atoms with Crippen LogP contribution in [0.5, 0.6) is 23.0 Å². The van der Waals surface area contributed by atoms with Gasteiger partial charge >= 0.3 is 0 Å². The van der Waals surface area contributed by atoms with Crippen molar-refractivity contribution in [3.8, 4) is 34.6 Å². The summed E-state index contributed by atoms with van der Waals surface area (Å²) in [4.78, 5) is 18.3. The molecule has 1 aliphatic rings. The first-order valence-electron chi connectivity index (χ1n) is 13.0. The highest BCUT2D eigenvalue weighted by Gasteiger charge is 2.18. The number of furan rings is 1. The van der Waals surface area contributed by atoms with Crippen molar-refractivity contribution in [1.82, 2.24) is 9.66 Å². The van der Waals surface area contributed by atoms with E-state index in [1.165, 1.54) is 4.68 Å². The maximum absolute atomic E-state index is 13.6. The Labute approximate surface area is 247 Å². The van der Waals surface area contributed by atoms with Crippen molar-refractivity contribution in [2.45, 2.75) is 6.61 Å². The van der Waals surface area contributed by atoms with Crippen LogP contribution >= 0.6 is 15.9 Å². The molecule has 0 amide bonds. The minimum Gasteiger partial charge on any atom is -0.493 e. The number of fused-ring (bicyclic) bond motifs is 3. The van der Waals surface area contributed by atoms with Gasteiger partial charge in [0.2, 0.25) is 12.6 Å². The molecule has 0 atom stereocenters. The topological polar surface area (TPSA) is 97.3 Å². The Morgan fingerprint density at radius 2 is 1.83 bits per heavy atom. The molecule has 0 spiro atoms. The molecule has 7 rings (SSSR count). The molecule has 10 heteroatoms. The van der Waals surface area contributed by atoms with E-state index in [1.54, 1.807) is 37.6 Å². The molecule has 2 aromatic heterocycles. The first-order chi connectivity index (χ1) is 20.6. The quantitative estimate of drug-likeness (QED) is 0.181. The summed E-state index contributed by atoms with van der Waals surface area (Å²) in [5, 5.41) is 5.90. The fraction of sp³-hybridized carbons (Fsp3) is 0.0938. The number of ether oxygens (including phenoxy) is 4. The summed E-state index contributed by atoms with van der Waals surface area (Å²) in [5.74, 6) is 3.15. The highest BCUT2D eigenvalue weighted by molar-refractivity contribution is 9.10. The van der Waals surface area contributed by atoms with Gasteiger partial charge < -0.3 is 23.4 Å². The first-order valence-corrected chi connectivity index (χ1v) is 13.8. The van der Waals surface area contributed by atoms with Crippen LogP contribution in [0.2, 0.25) is 0 Å². The minimum atomic E-state index is -0.318. The fourth-order valence-electron chi connectivity index (χ4n) is 4.75. The Kier molecular flexibility index (Phi) is 6.59. The Hall–Kier alpha value is -5.09. The van der Waals surface area contributed by atoms with Crippen LogP contribution in [-0.2, 0) is 6.61 Å². The van der Waals surface area contributed by atoms with Gasteiger partial charge in [-0.2, -0.15) is 9.78 Å². The minimum absolute atomic E-state index is 0.211. The number of hydrogen-bond donors (Lipinski definition) is 0. The van der Waals surface area contributed by atoms with E-state index >= 15 is 0 Å². The number of rotatable bonds is 7. The maximum atomic E-state index is 13.6. The molecule has 0 radical (unpaired) electrons. The van der Waals surface area contributed by atoms with Gasteiger partial charge in [0.25, 0.3) is 5.56 Å². The molecule has 9 nitrogen and oxygen atoms in total. The molecule has 0 bridgehead atoms. The lowest BCUT2D eigenvalue weighted by Gasteiger charge is -2.14. The van der Waals surface area contributed by atoms with Crippen molar-refractivity contribution >= 4 is 44.0 Å². The molecule has 6 aromatic rings. The van der Waals surface area contributed by atoms with E-state index in [0.717, 1.165) is 10.9 Å². The average Bonchev–Trinajstić information content (AvgIpc) is 3.66. The first kappa shape index (κ1) is 25.8. The molecular weight excluding hydrogens is 602 g/mol. The molecule has 0 N–H and O–H groups in total. The molecule has 0 aliphatic carbocycles. The lowest BCUT2D eigenvalue weighted by Crippen LogP contribution is -2.20. The van der Waals surface area contributed by atoms with Crippen molar-refractivity contribution in [2.24, 2.45) is 5.10 Å². The molecular formula is C32H22BrN3O6. The smallest absolute Gasteiger partial charge is 0.282 e. The Morgan fingerprint density at radius 1 is 1.00 bits per heavy atom. The van der Waals surface area contributed by atoms with Gasteiger partial charge in [-0.3, -0.25) is 4.79 Å². The van der Waals surface area contributed by atoms with E-state index in [0.29, 0.717) is 61.1 Å². The zero-order chi connectivity index (χ0) is 28.6. The molecule has 0 saturated carbocycles. The third kappa shape index (κ3) is 4.75. The third-order valence-electron chi connectivity index (χ3n) is 6.79. The predicted octanol–water partition coefficient (Wildman–Crippen LogP) is 6.77. The fourth-order valence-corrected chi connectivity index (χ4v) is 5.32. The molecule has 3 heterocycles. The predicted molar refractivity (Wildman–Crippen MR) is 162 cm³/mol. The van der Waals surface area contributed by atoms with E-state index in [2.05, 4.69) is 21.0 Å². The Morgan fingerprint density at radius 3 is 2.71 bits per heavy atom. The second-order valence-electron chi connectivity index (χ2n) is 9.47. The van der Waals surface area contributed by atoms with Crippen molar-refractivity contribution in [3.63, 3.8) is 0 Å². The number of halogens is 1. The van der Waals surface area contributed by atoms with Crippen molar-refractivity contribution in [2.75, 3.05) is 13.9 Å². The van der Waals surface area contributed by atoms with Crippen LogP contribution in [0.3, 0.4) is 0 Å². The third-order valence-corrected chi connectivity index (χ3v) is 7.38. The molecule has 42 heavy (non-hydrogen) atoms. The number of methoxy groups -OCH3 is 1. The van der Waals surface area contributed by atoms with Crippen LogP contribution in [0.15, 0.2) is 104 Å². The number of para-hydroxylation sites is 2. The second kappa shape index (κ2) is 10.7. The van der Waals surface area contributed by atoms with Crippen LogP contribution in [0, 0.1) is 0 Å². The van der Waals surface area contributed by atoms with Crippen molar-refractivity contribution < 1.29 is 23.4 Å². The van der Waals surface area contributed by atoms with Gasteiger partial charge in [0, 0.05) is 5.39 Å². The number of benzene rings is 4. The number of aromatic nitrogens is 2. The summed E-state index contributed by atoms with van der Waals surface area (Å²) >= 11 is 3.60. The van der Waals surface area contributed by atoms with Crippen molar-refractivity contribution in [1.29, 1.82) is 0 Å². The van der Waals surface area contributed by atoms with E-state index < -0.39 is 0 Å². The normalized spacial score (nSPS) is 12.4. The van der Waals surface area contributed by atoms with Crippen molar-refractivity contribution in [3.05, 3.63) is 111 Å². The summed E-state index contributed by atoms with van der Waals surface area (Å²) in [6.07, 6.45) is 1.57. The molecule has 4 aromatic carbocycles. The maximum Gasteiger partial charge on any atom is 0.282 e. The standard InChI is InChI=1S/C32H22BrN3O6/c1-38-28-14-20(12-23(33)30(28)39-17-19-10-11-26-27(13-19)41-18-40-26)16-34-36-31(29-15-21-6-2-5-9-25(21)42-29)35-24-8-4-3-7-22(24)32(36)37/h2-16H,17-18H2,1H3. The van der Waals surface area contributed by atoms with E-state index in [1.807, 2.05) is 60.7 Å². The van der Waals surface area contributed by atoms with E-state index in [9.17, 15) is 4.79 Å². The lowest BCUT2D eigenvalue weighted by molar-refractivity contribution is 0.174. The van der Waals surface area contributed by atoms with E-state index in [-0.39, 0.29) is 19.0 Å². The SMILES string of the molecule is COc1cc(C=Nn2c(-c3cc4ccccc4o3)nc3ccccc3c2=O)cc(Br)c1OCc1ccc2c(c1)OCO2. The Bertz CT molecular complexity index is 2030. The Balaban J connectivity index is 1.24. The lowest BCUT2D eigenvalue weighted by atomic mass is 10.2. The summed E-state index contributed by atoms with van der Waals surface area (Å²) in [6, 6.07) is 25.9. The van der Waals surface area contributed by atoms with Gasteiger partial charge in [-0.05, 0) is 75.6 Å². The van der Waals surface area contributed by atoms with Crippen LogP contribution in [0.1, 0.15) is 11.1 Å². The molecule has 0 fully saturated rings. The summed E-state index contributed by atoms with van der Waals surface area (Å²) in [7, 11) is 1.56. The molecule has 1 aliphatic heterocycles. The van der Waals surface area contributed by atoms with E-state index in [4.69, 9.17) is 28.3 Å². The molecule has 208 valence electrons. The van der Waals surface area contributed by atoms with Gasteiger partial charge in [-0.1, -0.05) is 36.4 Å². The van der Waals surface area contributed by atoms with Crippen LogP contribution in [0.4, 0.5) is 0 Å². The van der Waals surface area contributed by atoms with Gasteiger partial charge in [0.05, 0.1) is 28.7 Å². The summed E-state index contributed by atoms with van der Waals surface area (Å²) in [6.45, 7) is 0.501. The summed E-state index contributed by atoms with van der Waals surface area (Å²) < 4.78 is 30.5. The second-order valence-corrected chi connectivity index (χ2v) is 10.3. The highest BCUT2D eigenvalue weighted by Crippen LogP contribution is 2.38. The number of hydrogen-bond acceptors (Lipinski definition) is 8. The molecule has 0 unspecified atom stereocenters. The van der Waals surface area contributed by atoms with Gasteiger partial charge in [0.15, 0.2) is 28.8 Å². The largest absolute Gasteiger partial charge is 0.493 e. The number of nitrogens with zero attached hydrogens (tertiary/aromatic N) is 3. The zero-order valence-electron chi connectivity index (χ0n) is 22.2. The average molecular weight is 624 g/mol. The summed E-state index contributed by atoms with van der Waals surface area (Å²) in [5.41, 5.74) is 2.51. The van der Waals surface area contributed by atoms with Crippen LogP contribution < -0.4 is 24.5 Å². The van der Waals surface area contributed by atoms with Gasteiger partial charge in [-0.15, -0.1) is 0 Å². The van der Waals surface area contributed by atoms with Gasteiger partial charge in [-0.25, -0.2) is 4.98 Å².